The van der Waals surface area contributed by atoms with Crippen LogP contribution in [0.25, 0.3) is 0 Å². The Morgan fingerprint density at radius 2 is 1.92 bits per heavy atom. The fourth-order valence-electron chi connectivity index (χ4n) is 4.25. The molecule has 0 saturated carbocycles. The zero-order valence-electron chi connectivity index (χ0n) is 22.7. The van der Waals surface area contributed by atoms with Gasteiger partial charge < -0.3 is 26.1 Å². The quantitative estimate of drug-likeness (QED) is 0.336. The third kappa shape index (κ3) is 7.33. The average Bonchev–Trinajstić information content (AvgIpc) is 3.08. The number of amides is 2. The minimum atomic E-state index is -0.500. The molecule has 0 aromatic heterocycles. The fraction of sp³-hybridized carbons (Fsp3) is 0.367. The highest BCUT2D eigenvalue weighted by Gasteiger charge is 2.26. The van der Waals surface area contributed by atoms with E-state index in [1.807, 2.05) is 70.2 Å². The predicted octanol–water partition coefficient (Wildman–Crippen LogP) is 4.92. The number of rotatable bonds is 9. The summed E-state index contributed by atoms with van der Waals surface area (Å²) in [4.78, 5) is 25.8. The molecule has 38 heavy (non-hydrogen) atoms. The van der Waals surface area contributed by atoms with Gasteiger partial charge in [-0.05, 0) is 36.1 Å². The summed E-state index contributed by atoms with van der Waals surface area (Å²) in [5, 5.41) is 17.9. The molecule has 0 spiro atoms. The largest absolute Gasteiger partial charge is 0.496 e. The molecule has 1 aromatic carbocycles. The van der Waals surface area contributed by atoms with Crippen LogP contribution in [0.2, 0.25) is 0 Å². The molecule has 8 heteroatoms. The molecule has 2 atom stereocenters. The number of carbonyl (C=O) groups excluding carboxylic acids is 2. The van der Waals surface area contributed by atoms with Crippen molar-refractivity contribution in [2.75, 3.05) is 13.7 Å². The molecule has 0 fully saturated rings. The van der Waals surface area contributed by atoms with Crippen molar-refractivity contribution in [2.24, 2.45) is 11.3 Å². The van der Waals surface area contributed by atoms with Crippen LogP contribution in [-0.4, -0.2) is 37.7 Å². The SMILES string of the molecule is COc1ccccc1CNC1C=CC=CC(NC(=O)C2=C(Cl)C(C)CC(CNC(=O)C(C)(C)C)=C2)=C1C=N. The van der Waals surface area contributed by atoms with Crippen molar-refractivity contribution >= 4 is 29.6 Å². The Morgan fingerprint density at radius 1 is 1.18 bits per heavy atom. The van der Waals surface area contributed by atoms with Crippen molar-refractivity contribution in [3.8, 4) is 5.75 Å². The molecule has 2 amide bonds. The second kappa shape index (κ2) is 12.9. The second-order valence-electron chi connectivity index (χ2n) is 10.5. The van der Waals surface area contributed by atoms with Crippen molar-refractivity contribution in [1.82, 2.24) is 16.0 Å². The molecule has 2 unspecified atom stereocenters. The van der Waals surface area contributed by atoms with E-state index in [2.05, 4.69) is 16.0 Å². The van der Waals surface area contributed by atoms with Crippen LogP contribution in [0.4, 0.5) is 0 Å². The predicted molar refractivity (Wildman–Crippen MR) is 153 cm³/mol. The first-order chi connectivity index (χ1) is 18.0. The molecule has 3 rings (SSSR count). The number of carbonyl (C=O) groups is 2. The third-order valence-corrected chi connectivity index (χ3v) is 7.02. The smallest absolute Gasteiger partial charge is 0.256 e. The highest BCUT2D eigenvalue weighted by atomic mass is 35.5. The molecule has 4 N–H and O–H groups in total. The highest BCUT2D eigenvalue weighted by Crippen LogP contribution is 2.32. The van der Waals surface area contributed by atoms with Gasteiger partial charge in [0.1, 0.15) is 5.75 Å². The van der Waals surface area contributed by atoms with Crippen LogP contribution in [0, 0.1) is 16.7 Å². The number of methoxy groups -OCH3 is 1. The molecule has 1 aromatic rings. The van der Waals surface area contributed by atoms with Crippen LogP contribution in [0.5, 0.6) is 5.75 Å². The van der Waals surface area contributed by atoms with Crippen LogP contribution < -0.4 is 20.7 Å². The molecule has 202 valence electrons. The molecule has 2 aliphatic rings. The molecular formula is C30H37ClN4O3. The van der Waals surface area contributed by atoms with E-state index in [0.717, 1.165) is 16.9 Å². The van der Waals surface area contributed by atoms with Gasteiger partial charge in [-0.3, -0.25) is 9.59 Å². The summed E-state index contributed by atoms with van der Waals surface area (Å²) in [7, 11) is 1.63. The minimum absolute atomic E-state index is 0.0539. The summed E-state index contributed by atoms with van der Waals surface area (Å²) in [5.74, 6) is 0.312. The van der Waals surface area contributed by atoms with Crippen LogP contribution in [0.1, 0.15) is 39.7 Å². The molecule has 0 bridgehead atoms. The number of hydrogen-bond donors (Lipinski definition) is 4. The zero-order valence-corrected chi connectivity index (χ0v) is 23.4. The van der Waals surface area contributed by atoms with E-state index < -0.39 is 5.41 Å². The third-order valence-electron chi connectivity index (χ3n) is 6.44. The van der Waals surface area contributed by atoms with E-state index in [1.165, 1.54) is 6.21 Å². The normalized spacial score (nSPS) is 19.6. The van der Waals surface area contributed by atoms with Crippen molar-refractivity contribution in [2.45, 2.75) is 46.7 Å². The maximum absolute atomic E-state index is 13.4. The van der Waals surface area contributed by atoms with Gasteiger partial charge in [-0.25, -0.2) is 0 Å². The van der Waals surface area contributed by atoms with E-state index >= 15 is 0 Å². The van der Waals surface area contributed by atoms with Crippen LogP contribution in [0.3, 0.4) is 0 Å². The lowest BCUT2D eigenvalue weighted by atomic mass is 9.90. The number of para-hydroxylation sites is 1. The van der Waals surface area contributed by atoms with Gasteiger partial charge in [0, 0.05) is 46.6 Å². The number of ether oxygens (including phenoxy) is 1. The van der Waals surface area contributed by atoms with Crippen molar-refractivity contribution < 1.29 is 14.3 Å². The number of hydrogen-bond acceptors (Lipinski definition) is 5. The van der Waals surface area contributed by atoms with Crippen LogP contribution >= 0.6 is 11.6 Å². The molecule has 0 heterocycles. The highest BCUT2D eigenvalue weighted by molar-refractivity contribution is 6.32. The summed E-state index contributed by atoms with van der Waals surface area (Å²) < 4.78 is 5.45. The monoisotopic (exact) mass is 536 g/mol. The maximum Gasteiger partial charge on any atom is 0.256 e. The lowest BCUT2D eigenvalue weighted by molar-refractivity contribution is -0.128. The molecule has 0 radical (unpaired) electrons. The average molecular weight is 537 g/mol. The topological polar surface area (TPSA) is 103 Å². The van der Waals surface area contributed by atoms with Gasteiger partial charge in [0.15, 0.2) is 0 Å². The van der Waals surface area contributed by atoms with Gasteiger partial charge in [0.25, 0.3) is 5.91 Å². The van der Waals surface area contributed by atoms with Gasteiger partial charge in [-0.15, -0.1) is 0 Å². The Hall–Kier alpha value is -3.42. The summed E-state index contributed by atoms with van der Waals surface area (Å²) in [6, 6.07) is 7.43. The maximum atomic E-state index is 13.4. The van der Waals surface area contributed by atoms with Crippen molar-refractivity contribution in [3.05, 3.63) is 87.7 Å². The van der Waals surface area contributed by atoms with Crippen LogP contribution in [-0.2, 0) is 16.1 Å². The standard InChI is InChI=1S/C30H37ClN4O3/c1-19-14-20(17-34-29(37)30(2,3)4)15-22(27(19)31)28(36)35-25-12-8-7-11-24(23(25)16-32)33-18-21-10-6-9-13-26(21)38-5/h6-13,15-16,19,24,32-33H,14,17-18H2,1-5H3,(H,34,37)(H,35,36). The number of nitrogens with one attached hydrogen (secondary N) is 4. The molecule has 2 aliphatic carbocycles. The van der Waals surface area contributed by atoms with Crippen LogP contribution in [0.15, 0.2) is 82.1 Å². The van der Waals surface area contributed by atoms with Gasteiger partial charge in [0.05, 0.1) is 18.7 Å². The second-order valence-corrected chi connectivity index (χ2v) is 10.9. The van der Waals surface area contributed by atoms with E-state index in [-0.39, 0.29) is 23.8 Å². The lowest BCUT2D eigenvalue weighted by Crippen LogP contribution is -2.36. The first-order valence-corrected chi connectivity index (χ1v) is 13.1. The van der Waals surface area contributed by atoms with Gasteiger partial charge >= 0.3 is 0 Å². The van der Waals surface area contributed by atoms with Gasteiger partial charge in [-0.1, -0.05) is 75.7 Å². The molecule has 0 saturated heterocycles. The Balaban J connectivity index is 1.79. The number of allylic oxidation sites excluding steroid dienone is 4. The van der Waals surface area contributed by atoms with E-state index in [4.69, 9.17) is 21.7 Å². The number of benzene rings is 1. The Bertz CT molecular complexity index is 1230. The van der Waals surface area contributed by atoms with Crippen molar-refractivity contribution in [3.63, 3.8) is 0 Å². The Morgan fingerprint density at radius 3 is 2.61 bits per heavy atom. The fourth-order valence-corrected chi connectivity index (χ4v) is 4.47. The lowest BCUT2D eigenvalue weighted by Gasteiger charge is -2.24. The molecular weight excluding hydrogens is 500 g/mol. The van der Waals surface area contributed by atoms with Gasteiger partial charge in [-0.2, -0.15) is 0 Å². The molecule has 0 aliphatic heterocycles. The van der Waals surface area contributed by atoms with E-state index in [1.54, 1.807) is 19.3 Å². The summed E-state index contributed by atoms with van der Waals surface area (Å²) in [5.41, 5.74) is 2.91. The first kappa shape index (κ1) is 29.1. The minimum Gasteiger partial charge on any atom is -0.496 e. The molecule has 7 nitrogen and oxygen atoms in total. The Labute approximate surface area is 230 Å². The zero-order chi connectivity index (χ0) is 27.9. The summed E-state index contributed by atoms with van der Waals surface area (Å²) >= 11 is 6.59. The summed E-state index contributed by atoms with van der Waals surface area (Å²) in [6.45, 7) is 8.41. The first-order valence-electron chi connectivity index (χ1n) is 12.7. The van der Waals surface area contributed by atoms with Crippen molar-refractivity contribution in [1.29, 1.82) is 5.41 Å². The van der Waals surface area contributed by atoms with Gasteiger partial charge in [0.2, 0.25) is 5.91 Å². The van der Waals surface area contributed by atoms with E-state index in [9.17, 15) is 9.59 Å². The summed E-state index contributed by atoms with van der Waals surface area (Å²) in [6.07, 6.45) is 11.1. The number of halogens is 1. The van der Waals surface area contributed by atoms with E-state index in [0.29, 0.717) is 41.4 Å². The Kier molecular flexibility index (Phi) is 9.89.